The Hall–Kier alpha value is -4.97. The van der Waals surface area contributed by atoms with Gasteiger partial charge in [-0.05, 0) is 148 Å². The molecule has 0 aliphatic heterocycles. The SMILES string of the molecule is CC/C=C\C/C=C\C/C=C\C/C=C\C/C=C\C/C=C\C/C=C\CCCCCC(=O)OCC(COC(=O)CCCCCCCCC/C=C\C/C=C\CCCCC)OC(=O)CCCCCCCCCCCC/C=C\C/C=C\C/C=C\C/C=C\CC. The zero-order valence-electron chi connectivity index (χ0n) is 53.7. The van der Waals surface area contributed by atoms with Gasteiger partial charge in [-0.2, -0.15) is 0 Å². The number of esters is 3. The lowest BCUT2D eigenvalue weighted by Crippen LogP contribution is -2.30. The third-order valence-electron chi connectivity index (χ3n) is 14.0. The van der Waals surface area contributed by atoms with Crippen LogP contribution in [0.5, 0.6) is 0 Å². The number of unbranched alkanes of at least 4 members (excludes halogenated alkanes) is 23. The average molecular weight is 1150 g/mol. The summed E-state index contributed by atoms with van der Waals surface area (Å²) in [5, 5.41) is 0. The van der Waals surface area contributed by atoms with Gasteiger partial charge in [0.15, 0.2) is 6.10 Å². The predicted molar refractivity (Wildman–Crippen MR) is 362 cm³/mol. The highest BCUT2D eigenvalue weighted by Gasteiger charge is 2.19. The van der Waals surface area contributed by atoms with Crippen LogP contribution in [0.1, 0.15) is 290 Å². The Morgan fingerprint density at radius 2 is 0.470 bits per heavy atom. The van der Waals surface area contributed by atoms with E-state index < -0.39 is 6.10 Å². The summed E-state index contributed by atoms with van der Waals surface area (Å²) in [5.74, 6) is -0.944. The third-order valence-corrected chi connectivity index (χ3v) is 14.0. The Balaban J connectivity index is 4.49. The molecule has 0 aliphatic rings. The van der Waals surface area contributed by atoms with Crippen LogP contribution in [0.15, 0.2) is 158 Å². The maximum absolute atomic E-state index is 13.0. The number of hydrogen-bond donors (Lipinski definition) is 0. The van der Waals surface area contributed by atoms with Crippen molar-refractivity contribution in [1.29, 1.82) is 0 Å². The number of rotatable bonds is 60. The minimum Gasteiger partial charge on any atom is -0.462 e. The van der Waals surface area contributed by atoms with Gasteiger partial charge in [-0.15, -0.1) is 0 Å². The van der Waals surface area contributed by atoms with Crippen LogP contribution in [0.4, 0.5) is 0 Å². The van der Waals surface area contributed by atoms with E-state index in [4.69, 9.17) is 14.2 Å². The van der Waals surface area contributed by atoms with E-state index in [0.29, 0.717) is 19.3 Å². The fraction of sp³-hybridized carbons (Fsp3) is 0.623. The van der Waals surface area contributed by atoms with E-state index in [1.807, 2.05) is 0 Å². The van der Waals surface area contributed by atoms with E-state index in [0.717, 1.165) is 148 Å². The molecule has 6 heteroatoms. The monoisotopic (exact) mass is 1140 g/mol. The molecule has 0 aromatic rings. The molecule has 6 nitrogen and oxygen atoms in total. The third kappa shape index (κ3) is 67.7. The number of carbonyl (C=O) groups is 3. The Morgan fingerprint density at radius 3 is 0.747 bits per heavy atom. The molecule has 0 heterocycles. The second kappa shape index (κ2) is 69.5. The topological polar surface area (TPSA) is 78.9 Å². The van der Waals surface area contributed by atoms with E-state index in [-0.39, 0.29) is 31.1 Å². The molecule has 0 aliphatic carbocycles. The van der Waals surface area contributed by atoms with Gasteiger partial charge in [0, 0.05) is 19.3 Å². The van der Waals surface area contributed by atoms with Crippen molar-refractivity contribution in [3.8, 4) is 0 Å². The van der Waals surface area contributed by atoms with Crippen LogP contribution < -0.4 is 0 Å². The first-order valence-corrected chi connectivity index (χ1v) is 34.0. The highest BCUT2D eigenvalue weighted by Crippen LogP contribution is 2.15. The first-order valence-electron chi connectivity index (χ1n) is 34.0. The Bertz CT molecular complexity index is 1840. The molecule has 0 fully saturated rings. The van der Waals surface area contributed by atoms with Crippen LogP contribution in [0, 0.1) is 0 Å². The lowest BCUT2D eigenvalue weighted by Gasteiger charge is -2.18. The number of hydrogen-bond acceptors (Lipinski definition) is 6. The number of ether oxygens (including phenoxy) is 3. The van der Waals surface area contributed by atoms with Crippen molar-refractivity contribution in [2.24, 2.45) is 0 Å². The summed E-state index contributed by atoms with van der Waals surface area (Å²) in [5.41, 5.74) is 0. The maximum atomic E-state index is 13.0. The van der Waals surface area contributed by atoms with Gasteiger partial charge in [-0.3, -0.25) is 14.4 Å². The van der Waals surface area contributed by atoms with Crippen molar-refractivity contribution in [1.82, 2.24) is 0 Å². The molecule has 0 aromatic heterocycles. The van der Waals surface area contributed by atoms with Gasteiger partial charge in [0.05, 0.1) is 0 Å². The fourth-order valence-electron chi connectivity index (χ4n) is 8.97. The molecule has 1 atom stereocenters. The van der Waals surface area contributed by atoms with Gasteiger partial charge in [0.25, 0.3) is 0 Å². The Kier molecular flexibility index (Phi) is 65.4. The summed E-state index contributed by atoms with van der Waals surface area (Å²) in [7, 11) is 0. The second-order valence-electron chi connectivity index (χ2n) is 22.0. The van der Waals surface area contributed by atoms with Crippen LogP contribution in [0.25, 0.3) is 0 Å². The zero-order chi connectivity index (χ0) is 59.9. The van der Waals surface area contributed by atoms with Crippen LogP contribution in [0.2, 0.25) is 0 Å². The highest BCUT2D eigenvalue weighted by atomic mass is 16.6. The molecule has 0 saturated heterocycles. The fourth-order valence-corrected chi connectivity index (χ4v) is 8.97. The lowest BCUT2D eigenvalue weighted by molar-refractivity contribution is -0.167. The van der Waals surface area contributed by atoms with Crippen molar-refractivity contribution >= 4 is 17.9 Å². The molecule has 0 rings (SSSR count). The van der Waals surface area contributed by atoms with Crippen molar-refractivity contribution < 1.29 is 28.6 Å². The molecule has 0 radical (unpaired) electrons. The zero-order valence-corrected chi connectivity index (χ0v) is 53.7. The molecule has 0 saturated carbocycles. The summed E-state index contributed by atoms with van der Waals surface area (Å²) in [6, 6.07) is 0. The van der Waals surface area contributed by atoms with Gasteiger partial charge >= 0.3 is 17.9 Å². The molecule has 1 unspecified atom stereocenters. The van der Waals surface area contributed by atoms with Crippen molar-refractivity contribution in [2.75, 3.05) is 13.2 Å². The number of allylic oxidation sites excluding steroid dienone is 26. The Labute approximate surface area is 511 Å². The minimum atomic E-state index is -0.808. The van der Waals surface area contributed by atoms with Crippen LogP contribution in [-0.2, 0) is 28.6 Å². The quantitative estimate of drug-likeness (QED) is 0.0261. The van der Waals surface area contributed by atoms with Crippen LogP contribution in [0.3, 0.4) is 0 Å². The molecule has 468 valence electrons. The van der Waals surface area contributed by atoms with E-state index >= 15 is 0 Å². The number of carbonyl (C=O) groups excluding carboxylic acids is 3. The molecule has 0 amide bonds. The summed E-state index contributed by atoms with van der Waals surface area (Å²) >= 11 is 0. The normalized spacial score (nSPS) is 13.1. The lowest BCUT2D eigenvalue weighted by atomic mass is 10.0. The summed E-state index contributed by atoms with van der Waals surface area (Å²) in [6.45, 7) is 6.36. The first kappa shape index (κ1) is 78.0. The summed E-state index contributed by atoms with van der Waals surface area (Å²) in [4.78, 5) is 38.5. The molecule has 0 aromatic carbocycles. The van der Waals surface area contributed by atoms with Crippen molar-refractivity contribution in [3.05, 3.63) is 158 Å². The second-order valence-corrected chi connectivity index (χ2v) is 22.0. The molecule has 0 spiro atoms. The van der Waals surface area contributed by atoms with Crippen molar-refractivity contribution in [2.45, 2.75) is 297 Å². The summed E-state index contributed by atoms with van der Waals surface area (Å²) < 4.78 is 16.9. The van der Waals surface area contributed by atoms with E-state index in [9.17, 15) is 14.4 Å². The van der Waals surface area contributed by atoms with Gasteiger partial charge in [0.2, 0.25) is 0 Å². The van der Waals surface area contributed by atoms with Crippen molar-refractivity contribution in [3.63, 3.8) is 0 Å². The standard InChI is InChI=1S/C77H124O6/c1-4-7-10-13-16-19-22-25-28-31-33-35-37-38-40-41-43-46-49-52-55-58-61-64-67-70-76(79)82-73-74(72-81-75(78)69-66-63-60-57-54-51-48-45-30-27-24-21-18-15-12-9-6-3)83-77(80)71-68-65-62-59-56-53-50-47-44-42-39-36-34-32-29-26-23-20-17-14-11-8-5-2/h7-8,10-11,16-21,25-30,33-36,38,40,43,46,52,55,74H,4-6,9,12-15,22-24,31-32,37,39,41-42,44-45,47-51,53-54,56-73H2,1-3H3/b10-7-,11-8-,19-16-,20-17-,21-18-,28-25-,29-26-,30-27-,35-33-,36-34-,40-38-,46-43-,55-52-. The molecular weight excluding hydrogens is 1020 g/mol. The Morgan fingerprint density at radius 1 is 0.253 bits per heavy atom. The first-order chi connectivity index (χ1) is 41.0. The smallest absolute Gasteiger partial charge is 0.306 e. The van der Waals surface area contributed by atoms with Gasteiger partial charge in [-0.1, -0.05) is 281 Å². The van der Waals surface area contributed by atoms with E-state index in [1.54, 1.807) is 0 Å². The average Bonchev–Trinajstić information content (AvgIpc) is 3.49. The predicted octanol–water partition coefficient (Wildman–Crippen LogP) is 23.7. The largest absolute Gasteiger partial charge is 0.462 e. The molecule has 0 N–H and O–H groups in total. The van der Waals surface area contributed by atoms with E-state index in [1.165, 1.54) is 103 Å². The highest BCUT2D eigenvalue weighted by molar-refractivity contribution is 5.71. The summed E-state index contributed by atoms with van der Waals surface area (Å²) in [6.07, 6.45) is 101. The molecule has 83 heavy (non-hydrogen) atoms. The van der Waals surface area contributed by atoms with Gasteiger partial charge in [-0.25, -0.2) is 0 Å². The molecule has 0 bridgehead atoms. The van der Waals surface area contributed by atoms with Gasteiger partial charge in [0.1, 0.15) is 13.2 Å². The van der Waals surface area contributed by atoms with Crippen LogP contribution >= 0.6 is 0 Å². The minimum absolute atomic E-state index is 0.100. The van der Waals surface area contributed by atoms with Gasteiger partial charge < -0.3 is 14.2 Å². The van der Waals surface area contributed by atoms with E-state index in [2.05, 4.69) is 179 Å². The maximum Gasteiger partial charge on any atom is 0.306 e. The van der Waals surface area contributed by atoms with Crippen LogP contribution in [-0.4, -0.2) is 37.2 Å². The molecular formula is C77H124O6.